The van der Waals surface area contributed by atoms with Crippen LogP contribution in [0.4, 0.5) is 11.8 Å². The van der Waals surface area contributed by atoms with Crippen molar-refractivity contribution in [2.45, 2.75) is 31.6 Å². The summed E-state index contributed by atoms with van der Waals surface area (Å²) < 4.78 is 27.5. The van der Waals surface area contributed by atoms with E-state index in [1.807, 2.05) is 6.07 Å². The molecule has 0 aromatic carbocycles. The molecule has 0 spiro atoms. The van der Waals surface area contributed by atoms with Gasteiger partial charge in [-0.2, -0.15) is 14.4 Å². The number of H-pyrrole nitrogens is 1. The van der Waals surface area contributed by atoms with Crippen molar-refractivity contribution in [3.05, 3.63) is 23.7 Å². The first-order valence-corrected chi connectivity index (χ1v) is 10.8. The molecule has 2 aromatic rings. The van der Waals surface area contributed by atoms with Crippen molar-refractivity contribution in [1.82, 2.24) is 24.5 Å². The van der Waals surface area contributed by atoms with Gasteiger partial charge in [0.2, 0.25) is 16.0 Å². The van der Waals surface area contributed by atoms with Gasteiger partial charge in [-0.1, -0.05) is 0 Å². The second-order valence-corrected chi connectivity index (χ2v) is 8.94. The first-order chi connectivity index (χ1) is 13.0. The van der Waals surface area contributed by atoms with Gasteiger partial charge < -0.3 is 9.80 Å². The van der Waals surface area contributed by atoms with Gasteiger partial charge in [-0.15, -0.1) is 0 Å². The Kier molecular flexibility index (Phi) is 4.77. The molecule has 27 heavy (non-hydrogen) atoms. The van der Waals surface area contributed by atoms with Crippen LogP contribution >= 0.6 is 0 Å². The van der Waals surface area contributed by atoms with E-state index in [0.717, 1.165) is 24.9 Å². The molecule has 1 N–H and O–H groups in total. The molecular formula is C17H25N7O2S. The van der Waals surface area contributed by atoms with Crippen LogP contribution in [0.25, 0.3) is 0 Å². The van der Waals surface area contributed by atoms with Gasteiger partial charge in [0, 0.05) is 45.5 Å². The van der Waals surface area contributed by atoms with E-state index < -0.39 is 10.0 Å². The molecule has 2 aliphatic rings. The number of sulfonamides is 1. The Balaban J connectivity index is 1.47. The zero-order valence-electron chi connectivity index (χ0n) is 15.7. The molecular weight excluding hydrogens is 366 g/mol. The third kappa shape index (κ3) is 3.39. The smallest absolute Gasteiger partial charge is 0.246 e. The van der Waals surface area contributed by atoms with Crippen LogP contribution in [-0.2, 0) is 10.0 Å². The van der Waals surface area contributed by atoms with Crippen LogP contribution in [0.15, 0.2) is 17.2 Å². The maximum absolute atomic E-state index is 13.0. The van der Waals surface area contributed by atoms with Crippen molar-refractivity contribution in [3.63, 3.8) is 0 Å². The van der Waals surface area contributed by atoms with Crippen LogP contribution in [0, 0.1) is 13.8 Å². The third-order valence-electron chi connectivity index (χ3n) is 5.24. The van der Waals surface area contributed by atoms with Crippen LogP contribution in [0.2, 0.25) is 0 Å². The summed E-state index contributed by atoms with van der Waals surface area (Å²) in [6.45, 7) is 7.51. The molecule has 2 saturated heterocycles. The van der Waals surface area contributed by atoms with E-state index in [9.17, 15) is 8.42 Å². The molecule has 0 saturated carbocycles. The first-order valence-electron chi connectivity index (χ1n) is 9.31. The molecule has 0 unspecified atom stereocenters. The Morgan fingerprint density at radius 2 is 1.70 bits per heavy atom. The summed E-state index contributed by atoms with van der Waals surface area (Å²) in [7, 11) is -3.53. The van der Waals surface area contributed by atoms with Crippen LogP contribution in [0.1, 0.15) is 24.2 Å². The van der Waals surface area contributed by atoms with Gasteiger partial charge in [0.15, 0.2) is 0 Å². The lowest BCUT2D eigenvalue weighted by atomic mass is 10.3. The lowest BCUT2D eigenvalue weighted by Crippen LogP contribution is -2.49. The van der Waals surface area contributed by atoms with E-state index in [2.05, 4.69) is 25.0 Å². The number of anilines is 2. The van der Waals surface area contributed by atoms with Crippen molar-refractivity contribution in [1.29, 1.82) is 0 Å². The maximum atomic E-state index is 13.0. The number of piperazine rings is 1. The van der Waals surface area contributed by atoms with E-state index in [-0.39, 0.29) is 0 Å². The van der Waals surface area contributed by atoms with Gasteiger partial charge in [0.05, 0.1) is 11.4 Å². The molecule has 4 heterocycles. The highest BCUT2D eigenvalue weighted by molar-refractivity contribution is 7.89. The van der Waals surface area contributed by atoms with E-state index in [1.165, 1.54) is 17.1 Å². The number of aromatic amines is 1. The minimum Gasteiger partial charge on any atom is -0.354 e. The minimum atomic E-state index is -3.53. The zero-order valence-corrected chi connectivity index (χ0v) is 16.5. The molecule has 2 aliphatic heterocycles. The van der Waals surface area contributed by atoms with Gasteiger partial charge in [-0.25, -0.2) is 13.4 Å². The van der Waals surface area contributed by atoms with Gasteiger partial charge in [0.1, 0.15) is 10.7 Å². The molecule has 0 radical (unpaired) electrons. The van der Waals surface area contributed by atoms with Gasteiger partial charge in [0.25, 0.3) is 0 Å². The van der Waals surface area contributed by atoms with Crippen molar-refractivity contribution in [2.75, 3.05) is 49.1 Å². The number of hydrogen-bond donors (Lipinski definition) is 1. The topological polar surface area (TPSA) is 98.3 Å². The van der Waals surface area contributed by atoms with Crippen molar-refractivity contribution in [3.8, 4) is 0 Å². The van der Waals surface area contributed by atoms with E-state index >= 15 is 0 Å². The number of aromatic nitrogens is 4. The first kappa shape index (κ1) is 18.2. The number of aryl methyl sites for hydroxylation is 2. The molecule has 2 aromatic heterocycles. The van der Waals surface area contributed by atoms with Crippen LogP contribution in [0.3, 0.4) is 0 Å². The van der Waals surface area contributed by atoms with Gasteiger partial charge in [-0.05, 0) is 32.8 Å². The monoisotopic (exact) mass is 391 g/mol. The van der Waals surface area contributed by atoms with Gasteiger partial charge >= 0.3 is 0 Å². The normalized spacial score (nSPS) is 19.0. The van der Waals surface area contributed by atoms with Crippen LogP contribution in [0.5, 0.6) is 0 Å². The maximum Gasteiger partial charge on any atom is 0.246 e. The summed E-state index contributed by atoms with van der Waals surface area (Å²) in [6.07, 6.45) is 4.14. The summed E-state index contributed by atoms with van der Waals surface area (Å²) in [5.41, 5.74) is 1.10. The summed E-state index contributed by atoms with van der Waals surface area (Å²) in [6, 6.07) is 1.90. The predicted octanol–water partition coefficient (Wildman–Crippen LogP) is 0.928. The summed E-state index contributed by atoms with van der Waals surface area (Å²) >= 11 is 0. The fourth-order valence-electron chi connectivity index (χ4n) is 3.79. The molecule has 4 rings (SSSR count). The Hall–Kier alpha value is -2.20. The number of nitrogens with one attached hydrogen (secondary N) is 1. The largest absolute Gasteiger partial charge is 0.354 e. The predicted molar refractivity (Wildman–Crippen MR) is 103 cm³/mol. The Morgan fingerprint density at radius 3 is 2.33 bits per heavy atom. The van der Waals surface area contributed by atoms with Crippen LogP contribution in [-0.4, -0.2) is 72.2 Å². The number of nitrogens with zero attached hydrogens (tertiary/aromatic N) is 6. The summed E-state index contributed by atoms with van der Waals surface area (Å²) in [5.74, 6) is 1.63. The molecule has 10 heteroatoms. The fourth-order valence-corrected chi connectivity index (χ4v) is 5.55. The second-order valence-electron chi connectivity index (χ2n) is 7.06. The zero-order chi connectivity index (χ0) is 19.0. The SMILES string of the molecule is Cc1n[nH]c(C)c1S(=O)(=O)N1CCN(c2ccnc(N3CCCC3)n2)CC1. The van der Waals surface area contributed by atoms with Crippen LogP contribution < -0.4 is 9.80 Å². The number of rotatable bonds is 4. The molecule has 2 fully saturated rings. The molecule has 0 bridgehead atoms. The molecule has 146 valence electrons. The summed E-state index contributed by atoms with van der Waals surface area (Å²) in [4.78, 5) is 13.7. The lowest BCUT2D eigenvalue weighted by molar-refractivity contribution is 0.383. The average molecular weight is 392 g/mol. The molecule has 0 atom stereocenters. The Labute approximate surface area is 159 Å². The standard InChI is InChI=1S/C17H25N7O2S/c1-13-16(14(2)21-20-13)27(25,26)24-11-9-22(10-12-24)15-5-6-18-17(19-15)23-7-3-4-8-23/h5-6H,3-4,7-12H2,1-2H3,(H,20,21). The molecule has 9 nitrogen and oxygen atoms in total. The Morgan fingerprint density at radius 1 is 1.00 bits per heavy atom. The van der Waals surface area contributed by atoms with E-state index in [1.54, 1.807) is 20.0 Å². The van der Waals surface area contributed by atoms with E-state index in [4.69, 9.17) is 4.98 Å². The third-order valence-corrected chi connectivity index (χ3v) is 7.40. The number of hydrogen-bond acceptors (Lipinski definition) is 7. The average Bonchev–Trinajstić information content (AvgIpc) is 3.32. The van der Waals surface area contributed by atoms with Crippen molar-refractivity contribution in [2.24, 2.45) is 0 Å². The highest BCUT2D eigenvalue weighted by Gasteiger charge is 2.32. The highest BCUT2D eigenvalue weighted by atomic mass is 32.2. The quantitative estimate of drug-likeness (QED) is 0.828. The van der Waals surface area contributed by atoms with Crippen molar-refractivity contribution >= 4 is 21.8 Å². The second kappa shape index (κ2) is 7.08. The lowest BCUT2D eigenvalue weighted by Gasteiger charge is -2.34. The Bertz CT molecular complexity index is 894. The van der Waals surface area contributed by atoms with E-state index in [0.29, 0.717) is 42.5 Å². The highest BCUT2D eigenvalue weighted by Crippen LogP contribution is 2.24. The summed E-state index contributed by atoms with van der Waals surface area (Å²) in [5, 5.41) is 6.79. The molecule has 0 aliphatic carbocycles. The molecule has 0 amide bonds. The van der Waals surface area contributed by atoms with Crippen molar-refractivity contribution < 1.29 is 8.42 Å². The minimum absolute atomic E-state index is 0.300. The van der Waals surface area contributed by atoms with Gasteiger partial charge in [-0.3, -0.25) is 5.10 Å². The fraction of sp³-hybridized carbons (Fsp3) is 0.588.